The number of carbonyl (C=O) groups excluding carboxylic acids is 1. The molecule has 1 atom stereocenters. The number of hydrogen-bond donors (Lipinski definition) is 1. The largest absolute Gasteiger partial charge is 0.319 e. The fourth-order valence-electron chi connectivity index (χ4n) is 1.74. The van der Waals surface area contributed by atoms with Crippen molar-refractivity contribution in [2.75, 3.05) is 19.6 Å². The normalized spacial score (nSPS) is 19.8. The van der Waals surface area contributed by atoms with E-state index in [9.17, 15) is 4.79 Å². The molecule has 2 rings (SSSR count). The predicted octanol–water partition coefficient (Wildman–Crippen LogP) is 0.782. The molecule has 0 bridgehead atoms. The van der Waals surface area contributed by atoms with Crippen LogP contribution in [-0.2, 0) is 0 Å². The van der Waals surface area contributed by atoms with Gasteiger partial charge in [0.15, 0.2) is 0 Å². The average molecular weight is 295 g/mol. The molecule has 88 valence electrons. The van der Waals surface area contributed by atoms with Crippen LogP contribution in [0.25, 0.3) is 0 Å². The molecule has 1 unspecified atom stereocenters. The number of piperazine rings is 1. The van der Waals surface area contributed by atoms with E-state index in [0.29, 0.717) is 29.8 Å². The summed E-state index contributed by atoms with van der Waals surface area (Å²) in [5.74, 6) is -0.203. The molecule has 1 fully saturated rings. The fraction of sp³-hybridized carbons (Fsp3) is 0.364. The van der Waals surface area contributed by atoms with Crippen molar-refractivity contribution in [3.63, 3.8) is 0 Å². The van der Waals surface area contributed by atoms with E-state index in [-0.39, 0.29) is 5.91 Å². The van der Waals surface area contributed by atoms with Crippen molar-refractivity contribution in [3.05, 3.63) is 28.5 Å². The van der Waals surface area contributed by atoms with Gasteiger partial charge in [-0.05, 0) is 28.1 Å². The number of nitriles is 1. The Kier molecular flexibility index (Phi) is 3.71. The van der Waals surface area contributed by atoms with E-state index < -0.39 is 6.04 Å². The quantitative estimate of drug-likeness (QED) is 0.831. The zero-order chi connectivity index (χ0) is 12.3. The molecule has 0 saturated carbocycles. The summed E-state index contributed by atoms with van der Waals surface area (Å²) >= 11 is 3.30. The summed E-state index contributed by atoms with van der Waals surface area (Å²) in [6.45, 7) is 1.74. The molecule has 1 aliphatic heterocycles. The smallest absolute Gasteiger partial charge is 0.274 e. The van der Waals surface area contributed by atoms with Crippen molar-refractivity contribution in [2.24, 2.45) is 0 Å². The molecule has 1 aliphatic rings. The molecule has 2 heterocycles. The van der Waals surface area contributed by atoms with E-state index in [1.54, 1.807) is 23.2 Å². The number of hydrogen-bond acceptors (Lipinski definition) is 4. The minimum atomic E-state index is -0.426. The molecule has 5 nitrogen and oxygen atoms in total. The molecule has 6 heteroatoms. The van der Waals surface area contributed by atoms with Crippen LogP contribution in [0.15, 0.2) is 22.8 Å². The second-order valence-corrected chi connectivity index (χ2v) is 4.54. The van der Waals surface area contributed by atoms with E-state index >= 15 is 0 Å². The zero-order valence-electron chi connectivity index (χ0n) is 9.06. The SMILES string of the molecule is N#CC1CNCCN1C(=O)c1ncccc1Br. The predicted molar refractivity (Wildman–Crippen MR) is 65.2 cm³/mol. The Morgan fingerprint density at radius 1 is 1.71 bits per heavy atom. The van der Waals surface area contributed by atoms with Crippen molar-refractivity contribution in [3.8, 4) is 6.07 Å². The van der Waals surface area contributed by atoms with Gasteiger partial charge in [0.1, 0.15) is 11.7 Å². The first-order chi connectivity index (χ1) is 8.24. The number of rotatable bonds is 1. The molecule has 1 amide bonds. The summed E-state index contributed by atoms with van der Waals surface area (Å²) in [6.07, 6.45) is 1.57. The van der Waals surface area contributed by atoms with Crippen LogP contribution in [0.5, 0.6) is 0 Å². The third-order valence-corrected chi connectivity index (χ3v) is 3.25. The Hall–Kier alpha value is -1.45. The Morgan fingerprint density at radius 3 is 3.24 bits per heavy atom. The van der Waals surface area contributed by atoms with E-state index in [1.165, 1.54) is 0 Å². The molecule has 0 radical (unpaired) electrons. The maximum Gasteiger partial charge on any atom is 0.274 e. The molecule has 0 aliphatic carbocycles. The summed E-state index contributed by atoms with van der Waals surface area (Å²) in [7, 11) is 0. The van der Waals surface area contributed by atoms with Crippen LogP contribution in [0.2, 0.25) is 0 Å². The summed E-state index contributed by atoms with van der Waals surface area (Å²) in [6, 6.07) is 5.22. The topological polar surface area (TPSA) is 69.0 Å². The highest BCUT2D eigenvalue weighted by Crippen LogP contribution is 2.17. The third-order valence-electron chi connectivity index (χ3n) is 2.61. The second kappa shape index (κ2) is 5.25. The minimum absolute atomic E-state index is 0.203. The first-order valence-corrected chi connectivity index (χ1v) is 6.05. The van der Waals surface area contributed by atoms with Gasteiger partial charge in [0.2, 0.25) is 0 Å². The summed E-state index contributed by atoms with van der Waals surface area (Å²) in [4.78, 5) is 17.9. The number of carbonyl (C=O) groups is 1. The maximum absolute atomic E-state index is 12.2. The van der Waals surface area contributed by atoms with E-state index in [0.717, 1.165) is 0 Å². The molecular formula is C11H11BrN4O. The highest BCUT2D eigenvalue weighted by molar-refractivity contribution is 9.10. The Labute approximate surface area is 108 Å². The lowest BCUT2D eigenvalue weighted by atomic mass is 10.2. The van der Waals surface area contributed by atoms with Gasteiger partial charge in [0, 0.05) is 30.3 Å². The van der Waals surface area contributed by atoms with Crippen molar-refractivity contribution in [2.45, 2.75) is 6.04 Å². The average Bonchev–Trinajstić information content (AvgIpc) is 2.38. The van der Waals surface area contributed by atoms with Gasteiger partial charge in [0.05, 0.1) is 6.07 Å². The van der Waals surface area contributed by atoms with Crippen LogP contribution in [0, 0.1) is 11.3 Å². The number of nitrogens with one attached hydrogen (secondary N) is 1. The van der Waals surface area contributed by atoms with Crippen molar-refractivity contribution < 1.29 is 4.79 Å². The first kappa shape index (κ1) is 12.0. The number of halogens is 1. The minimum Gasteiger partial charge on any atom is -0.319 e. The van der Waals surface area contributed by atoms with Crippen LogP contribution >= 0.6 is 15.9 Å². The standard InChI is InChI=1S/C11H11BrN4O/c12-9-2-1-3-15-10(9)11(17)16-5-4-14-7-8(16)6-13/h1-3,8,14H,4-5,7H2. The summed E-state index contributed by atoms with van der Waals surface area (Å²) in [5.41, 5.74) is 0.356. The number of amides is 1. The fourth-order valence-corrected chi connectivity index (χ4v) is 2.17. The van der Waals surface area contributed by atoms with Gasteiger partial charge in [-0.3, -0.25) is 4.79 Å². The Balaban J connectivity index is 2.25. The van der Waals surface area contributed by atoms with Gasteiger partial charge in [-0.15, -0.1) is 0 Å². The lowest BCUT2D eigenvalue weighted by Crippen LogP contribution is -2.53. The Morgan fingerprint density at radius 2 is 2.53 bits per heavy atom. The molecule has 1 N–H and O–H groups in total. The monoisotopic (exact) mass is 294 g/mol. The molecular weight excluding hydrogens is 284 g/mol. The van der Waals surface area contributed by atoms with E-state index in [4.69, 9.17) is 5.26 Å². The van der Waals surface area contributed by atoms with Crippen LogP contribution < -0.4 is 5.32 Å². The van der Waals surface area contributed by atoms with Gasteiger partial charge in [-0.1, -0.05) is 0 Å². The third kappa shape index (κ3) is 2.46. The second-order valence-electron chi connectivity index (χ2n) is 3.68. The molecule has 17 heavy (non-hydrogen) atoms. The van der Waals surface area contributed by atoms with Crippen LogP contribution in [0.4, 0.5) is 0 Å². The molecule has 1 aromatic rings. The van der Waals surface area contributed by atoms with Gasteiger partial charge < -0.3 is 10.2 Å². The first-order valence-electron chi connectivity index (χ1n) is 5.26. The lowest BCUT2D eigenvalue weighted by Gasteiger charge is -2.31. The summed E-state index contributed by atoms with van der Waals surface area (Å²) < 4.78 is 0.653. The van der Waals surface area contributed by atoms with Gasteiger partial charge in [0.25, 0.3) is 5.91 Å². The molecule has 1 aromatic heterocycles. The van der Waals surface area contributed by atoms with Gasteiger partial charge >= 0.3 is 0 Å². The lowest BCUT2D eigenvalue weighted by molar-refractivity contribution is 0.0680. The molecule has 0 spiro atoms. The Bertz CT molecular complexity index is 471. The van der Waals surface area contributed by atoms with E-state index in [1.807, 2.05) is 0 Å². The number of pyridine rings is 1. The zero-order valence-corrected chi connectivity index (χ0v) is 10.6. The van der Waals surface area contributed by atoms with Crippen molar-refractivity contribution in [1.29, 1.82) is 5.26 Å². The molecule has 0 aromatic carbocycles. The van der Waals surface area contributed by atoms with Crippen molar-refractivity contribution in [1.82, 2.24) is 15.2 Å². The van der Waals surface area contributed by atoms with Gasteiger partial charge in [-0.2, -0.15) is 5.26 Å². The summed E-state index contributed by atoms with van der Waals surface area (Å²) in [5, 5.41) is 12.1. The number of aromatic nitrogens is 1. The molecule has 1 saturated heterocycles. The van der Waals surface area contributed by atoms with Crippen molar-refractivity contribution >= 4 is 21.8 Å². The van der Waals surface area contributed by atoms with E-state index in [2.05, 4.69) is 32.3 Å². The maximum atomic E-state index is 12.2. The van der Waals surface area contributed by atoms with Gasteiger partial charge in [-0.25, -0.2) is 4.98 Å². The highest BCUT2D eigenvalue weighted by Gasteiger charge is 2.28. The number of nitrogens with zero attached hydrogens (tertiary/aromatic N) is 3. The van der Waals surface area contributed by atoms with Crippen LogP contribution in [-0.4, -0.2) is 41.5 Å². The van der Waals surface area contributed by atoms with Crippen LogP contribution in [0.3, 0.4) is 0 Å². The van der Waals surface area contributed by atoms with Crippen LogP contribution in [0.1, 0.15) is 10.5 Å². The highest BCUT2D eigenvalue weighted by atomic mass is 79.9.